The van der Waals surface area contributed by atoms with Crippen LogP contribution in [0.3, 0.4) is 0 Å². The lowest BCUT2D eigenvalue weighted by Crippen LogP contribution is -2.48. The minimum Gasteiger partial charge on any atom is -0.493 e. The fourth-order valence-electron chi connectivity index (χ4n) is 2.96. The van der Waals surface area contributed by atoms with Gasteiger partial charge in [-0.1, -0.05) is 6.07 Å². The number of piperazine rings is 1. The van der Waals surface area contributed by atoms with Crippen LogP contribution in [0, 0.1) is 0 Å². The highest BCUT2D eigenvalue weighted by molar-refractivity contribution is 5.94. The largest absolute Gasteiger partial charge is 0.493 e. The maximum Gasteiger partial charge on any atom is 0.224 e. The molecule has 3 rings (SSSR count). The molecule has 2 heterocycles. The van der Waals surface area contributed by atoms with Crippen molar-refractivity contribution in [3.63, 3.8) is 0 Å². The van der Waals surface area contributed by atoms with Crippen LogP contribution in [-0.4, -0.2) is 38.2 Å². The molecule has 1 unspecified atom stereocenters. The SMILES string of the molecule is O=C1CCc2c(cccc2OCCCC2CNCCN2)N1. The van der Waals surface area contributed by atoms with Crippen LogP contribution in [0.1, 0.15) is 24.8 Å². The predicted molar refractivity (Wildman–Crippen MR) is 82.8 cm³/mol. The molecule has 2 aliphatic heterocycles. The molecule has 0 radical (unpaired) electrons. The Balaban J connectivity index is 1.49. The first-order valence-electron chi connectivity index (χ1n) is 7.81. The van der Waals surface area contributed by atoms with Gasteiger partial charge in [0.2, 0.25) is 5.91 Å². The fraction of sp³-hybridized carbons (Fsp3) is 0.562. The van der Waals surface area contributed by atoms with E-state index in [1.165, 1.54) is 0 Å². The van der Waals surface area contributed by atoms with Crippen LogP contribution in [0.2, 0.25) is 0 Å². The minimum atomic E-state index is 0.0931. The van der Waals surface area contributed by atoms with Crippen molar-refractivity contribution in [3.8, 4) is 5.75 Å². The Hall–Kier alpha value is -1.59. The number of nitrogens with one attached hydrogen (secondary N) is 3. The third kappa shape index (κ3) is 3.74. The van der Waals surface area contributed by atoms with Gasteiger partial charge < -0.3 is 20.7 Å². The molecule has 0 aliphatic carbocycles. The second-order valence-electron chi connectivity index (χ2n) is 5.68. The summed E-state index contributed by atoms with van der Waals surface area (Å²) >= 11 is 0. The minimum absolute atomic E-state index is 0.0931. The van der Waals surface area contributed by atoms with Crippen molar-refractivity contribution in [2.45, 2.75) is 31.7 Å². The molecule has 1 fully saturated rings. The number of fused-ring (bicyclic) bond motifs is 1. The summed E-state index contributed by atoms with van der Waals surface area (Å²) in [4.78, 5) is 11.4. The van der Waals surface area contributed by atoms with Crippen LogP contribution >= 0.6 is 0 Å². The number of amides is 1. The molecule has 1 aromatic carbocycles. The van der Waals surface area contributed by atoms with E-state index in [4.69, 9.17) is 4.74 Å². The third-order valence-corrected chi connectivity index (χ3v) is 4.09. The Labute approximate surface area is 125 Å². The van der Waals surface area contributed by atoms with Crippen molar-refractivity contribution in [1.29, 1.82) is 0 Å². The summed E-state index contributed by atoms with van der Waals surface area (Å²) in [6, 6.07) is 6.44. The van der Waals surface area contributed by atoms with Crippen molar-refractivity contribution < 1.29 is 9.53 Å². The van der Waals surface area contributed by atoms with Gasteiger partial charge in [-0.25, -0.2) is 0 Å². The van der Waals surface area contributed by atoms with Gasteiger partial charge >= 0.3 is 0 Å². The van der Waals surface area contributed by atoms with Gasteiger partial charge in [0.15, 0.2) is 0 Å². The zero-order chi connectivity index (χ0) is 14.5. The molecule has 1 saturated heterocycles. The molecule has 3 N–H and O–H groups in total. The van der Waals surface area contributed by atoms with Crippen LogP contribution in [0.4, 0.5) is 5.69 Å². The number of ether oxygens (including phenoxy) is 1. The van der Waals surface area contributed by atoms with Crippen molar-refractivity contribution in [1.82, 2.24) is 10.6 Å². The predicted octanol–water partition coefficient (Wildman–Crippen LogP) is 1.29. The molecule has 1 aromatic rings. The molecule has 5 nitrogen and oxygen atoms in total. The highest BCUT2D eigenvalue weighted by Crippen LogP contribution is 2.31. The zero-order valence-corrected chi connectivity index (χ0v) is 12.3. The van der Waals surface area contributed by atoms with Crippen LogP contribution in [0.15, 0.2) is 18.2 Å². The lowest BCUT2D eigenvalue weighted by molar-refractivity contribution is -0.116. The van der Waals surface area contributed by atoms with E-state index < -0.39 is 0 Å². The number of carbonyl (C=O) groups excluding carboxylic acids is 1. The van der Waals surface area contributed by atoms with Crippen LogP contribution in [-0.2, 0) is 11.2 Å². The molecular weight excluding hydrogens is 266 g/mol. The number of hydrogen-bond acceptors (Lipinski definition) is 4. The van der Waals surface area contributed by atoms with Gasteiger partial charge in [-0.15, -0.1) is 0 Å². The summed E-state index contributed by atoms with van der Waals surface area (Å²) in [6.45, 7) is 3.89. The van der Waals surface area contributed by atoms with Gasteiger partial charge in [0.05, 0.1) is 6.61 Å². The number of anilines is 1. The number of rotatable bonds is 5. The van der Waals surface area contributed by atoms with E-state index in [9.17, 15) is 4.79 Å². The molecular formula is C16H23N3O2. The molecule has 0 saturated carbocycles. The quantitative estimate of drug-likeness (QED) is 0.715. The number of hydrogen-bond donors (Lipinski definition) is 3. The topological polar surface area (TPSA) is 62.4 Å². The maximum absolute atomic E-state index is 11.4. The standard InChI is InChI=1S/C16H23N3O2/c20-16-7-6-13-14(19-16)4-1-5-15(13)21-10-2-3-12-11-17-8-9-18-12/h1,4-5,12,17-18H,2-3,6-11H2,(H,19,20). The summed E-state index contributed by atoms with van der Waals surface area (Å²) in [7, 11) is 0. The number of benzene rings is 1. The molecule has 1 atom stereocenters. The lowest BCUT2D eigenvalue weighted by Gasteiger charge is -2.24. The van der Waals surface area contributed by atoms with Crippen LogP contribution in [0.25, 0.3) is 0 Å². The average Bonchev–Trinajstić information content (AvgIpc) is 2.52. The third-order valence-electron chi connectivity index (χ3n) is 4.09. The Morgan fingerprint density at radius 3 is 3.05 bits per heavy atom. The van der Waals surface area contributed by atoms with Gasteiger partial charge in [0, 0.05) is 43.3 Å². The van der Waals surface area contributed by atoms with E-state index in [2.05, 4.69) is 16.0 Å². The normalized spacial score (nSPS) is 21.5. The van der Waals surface area contributed by atoms with E-state index in [0.29, 0.717) is 12.5 Å². The molecule has 1 amide bonds. The van der Waals surface area contributed by atoms with Gasteiger partial charge in [0.1, 0.15) is 5.75 Å². The summed E-state index contributed by atoms with van der Waals surface area (Å²) in [5.74, 6) is 1.01. The van der Waals surface area contributed by atoms with Crippen molar-refractivity contribution in [2.24, 2.45) is 0 Å². The van der Waals surface area contributed by atoms with Crippen molar-refractivity contribution >= 4 is 11.6 Å². The summed E-state index contributed by atoms with van der Waals surface area (Å²) in [5.41, 5.74) is 2.04. The summed E-state index contributed by atoms with van der Waals surface area (Å²) < 4.78 is 5.93. The molecule has 21 heavy (non-hydrogen) atoms. The van der Waals surface area contributed by atoms with Gasteiger partial charge in [-0.3, -0.25) is 4.79 Å². The summed E-state index contributed by atoms with van der Waals surface area (Å²) in [5, 5.41) is 9.81. The Morgan fingerprint density at radius 1 is 1.24 bits per heavy atom. The Bertz CT molecular complexity index is 498. The van der Waals surface area contributed by atoms with Crippen LogP contribution < -0.4 is 20.7 Å². The van der Waals surface area contributed by atoms with E-state index in [0.717, 1.165) is 62.5 Å². The molecule has 0 aromatic heterocycles. The fourth-order valence-corrected chi connectivity index (χ4v) is 2.96. The Kier molecular flexibility index (Phi) is 4.72. The second-order valence-corrected chi connectivity index (χ2v) is 5.68. The van der Waals surface area contributed by atoms with Gasteiger partial charge in [0.25, 0.3) is 0 Å². The monoisotopic (exact) mass is 289 g/mol. The summed E-state index contributed by atoms with van der Waals surface area (Å²) in [6.07, 6.45) is 3.48. The first-order valence-corrected chi connectivity index (χ1v) is 7.81. The van der Waals surface area contributed by atoms with Gasteiger partial charge in [-0.05, 0) is 31.4 Å². The molecule has 0 bridgehead atoms. The van der Waals surface area contributed by atoms with Crippen molar-refractivity contribution in [3.05, 3.63) is 23.8 Å². The van der Waals surface area contributed by atoms with Crippen molar-refractivity contribution in [2.75, 3.05) is 31.6 Å². The van der Waals surface area contributed by atoms with E-state index in [1.54, 1.807) is 0 Å². The first-order chi connectivity index (χ1) is 10.3. The highest BCUT2D eigenvalue weighted by Gasteiger charge is 2.18. The first kappa shape index (κ1) is 14.4. The lowest BCUT2D eigenvalue weighted by atomic mass is 10.0. The Morgan fingerprint density at radius 2 is 2.19 bits per heavy atom. The van der Waals surface area contributed by atoms with E-state index >= 15 is 0 Å². The molecule has 2 aliphatic rings. The van der Waals surface area contributed by atoms with E-state index in [-0.39, 0.29) is 5.91 Å². The highest BCUT2D eigenvalue weighted by atomic mass is 16.5. The number of carbonyl (C=O) groups is 1. The second kappa shape index (κ2) is 6.91. The molecule has 0 spiro atoms. The van der Waals surface area contributed by atoms with Gasteiger partial charge in [-0.2, -0.15) is 0 Å². The van der Waals surface area contributed by atoms with Crippen LogP contribution in [0.5, 0.6) is 5.75 Å². The smallest absolute Gasteiger partial charge is 0.224 e. The maximum atomic E-state index is 11.4. The molecule has 114 valence electrons. The zero-order valence-electron chi connectivity index (χ0n) is 12.3. The van der Waals surface area contributed by atoms with E-state index in [1.807, 2.05) is 18.2 Å². The average molecular weight is 289 g/mol. The molecule has 5 heteroatoms.